The topological polar surface area (TPSA) is 87.6 Å². The Morgan fingerprint density at radius 3 is 2.78 bits per heavy atom. The highest BCUT2D eigenvalue weighted by molar-refractivity contribution is 5.50. The second kappa shape index (κ2) is 5.22. The van der Waals surface area contributed by atoms with E-state index >= 15 is 0 Å². The SMILES string of the molecule is COc1ccc([N+](=O)[O-])c(OC2CCCC2N)c1. The molecule has 1 aliphatic rings. The average Bonchev–Trinajstić information content (AvgIpc) is 2.74. The molecule has 1 saturated carbocycles. The molecule has 6 heteroatoms. The fourth-order valence-electron chi connectivity index (χ4n) is 2.13. The van der Waals surface area contributed by atoms with Crippen molar-refractivity contribution in [2.24, 2.45) is 5.73 Å². The molecule has 2 N–H and O–H groups in total. The number of nitro benzene ring substituents is 1. The molecular weight excluding hydrogens is 236 g/mol. The van der Waals surface area contributed by atoms with Gasteiger partial charge in [0.25, 0.3) is 0 Å². The van der Waals surface area contributed by atoms with E-state index in [-0.39, 0.29) is 23.6 Å². The molecule has 0 aromatic heterocycles. The molecule has 1 aromatic carbocycles. The number of hydrogen-bond donors (Lipinski definition) is 1. The van der Waals surface area contributed by atoms with E-state index in [9.17, 15) is 10.1 Å². The van der Waals surface area contributed by atoms with Crippen LogP contribution in [0.2, 0.25) is 0 Å². The third-order valence-corrected chi connectivity index (χ3v) is 3.15. The first-order valence-corrected chi connectivity index (χ1v) is 5.86. The van der Waals surface area contributed by atoms with E-state index in [1.807, 2.05) is 0 Å². The molecule has 2 atom stereocenters. The normalized spacial score (nSPS) is 22.8. The molecule has 0 saturated heterocycles. The van der Waals surface area contributed by atoms with Gasteiger partial charge < -0.3 is 15.2 Å². The Morgan fingerprint density at radius 1 is 1.44 bits per heavy atom. The first-order chi connectivity index (χ1) is 8.61. The zero-order chi connectivity index (χ0) is 13.1. The van der Waals surface area contributed by atoms with Crippen LogP contribution in [0.4, 0.5) is 5.69 Å². The summed E-state index contributed by atoms with van der Waals surface area (Å²) in [6, 6.07) is 4.40. The van der Waals surface area contributed by atoms with Crippen molar-refractivity contribution in [1.82, 2.24) is 0 Å². The number of ether oxygens (including phenoxy) is 2. The van der Waals surface area contributed by atoms with E-state index in [1.54, 1.807) is 6.07 Å². The molecule has 1 fully saturated rings. The molecule has 0 aliphatic heterocycles. The van der Waals surface area contributed by atoms with Crippen molar-refractivity contribution in [2.45, 2.75) is 31.4 Å². The van der Waals surface area contributed by atoms with Crippen molar-refractivity contribution in [2.75, 3.05) is 7.11 Å². The van der Waals surface area contributed by atoms with Crippen molar-refractivity contribution in [1.29, 1.82) is 0 Å². The molecule has 6 nitrogen and oxygen atoms in total. The summed E-state index contributed by atoms with van der Waals surface area (Å²) in [7, 11) is 1.51. The predicted octanol–water partition coefficient (Wildman–Crippen LogP) is 1.86. The van der Waals surface area contributed by atoms with Gasteiger partial charge in [0, 0.05) is 18.2 Å². The van der Waals surface area contributed by atoms with Crippen LogP contribution in [0.3, 0.4) is 0 Å². The van der Waals surface area contributed by atoms with Crippen LogP contribution >= 0.6 is 0 Å². The summed E-state index contributed by atoms with van der Waals surface area (Å²) in [6.45, 7) is 0. The van der Waals surface area contributed by atoms with Crippen LogP contribution in [0.15, 0.2) is 18.2 Å². The van der Waals surface area contributed by atoms with Crippen LogP contribution in [0.25, 0.3) is 0 Å². The average molecular weight is 252 g/mol. The molecule has 0 spiro atoms. The molecule has 0 bridgehead atoms. The van der Waals surface area contributed by atoms with Gasteiger partial charge in [-0.3, -0.25) is 10.1 Å². The summed E-state index contributed by atoms with van der Waals surface area (Å²) in [5, 5.41) is 10.9. The summed E-state index contributed by atoms with van der Waals surface area (Å²) in [5.41, 5.74) is 5.84. The van der Waals surface area contributed by atoms with Crippen molar-refractivity contribution in [3.8, 4) is 11.5 Å². The minimum atomic E-state index is -0.463. The zero-order valence-electron chi connectivity index (χ0n) is 10.2. The van der Waals surface area contributed by atoms with Gasteiger partial charge in [0.2, 0.25) is 5.75 Å². The molecule has 98 valence electrons. The van der Waals surface area contributed by atoms with Gasteiger partial charge >= 0.3 is 5.69 Å². The zero-order valence-corrected chi connectivity index (χ0v) is 10.2. The van der Waals surface area contributed by atoms with Gasteiger partial charge in [-0.1, -0.05) is 0 Å². The van der Waals surface area contributed by atoms with Crippen LogP contribution in [0.1, 0.15) is 19.3 Å². The summed E-state index contributed by atoms with van der Waals surface area (Å²) in [4.78, 5) is 10.5. The Hall–Kier alpha value is -1.82. The third kappa shape index (κ3) is 2.53. The Labute approximate surface area is 105 Å². The molecule has 0 heterocycles. The number of hydrogen-bond acceptors (Lipinski definition) is 5. The van der Waals surface area contributed by atoms with Gasteiger partial charge in [-0.15, -0.1) is 0 Å². The highest BCUT2D eigenvalue weighted by Gasteiger charge is 2.28. The van der Waals surface area contributed by atoms with Crippen molar-refractivity contribution in [3.05, 3.63) is 28.3 Å². The fraction of sp³-hybridized carbons (Fsp3) is 0.500. The van der Waals surface area contributed by atoms with Gasteiger partial charge in [-0.2, -0.15) is 0 Å². The molecule has 2 unspecified atom stereocenters. The maximum absolute atomic E-state index is 10.9. The lowest BCUT2D eigenvalue weighted by Crippen LogP contribution is -2.33. The van der Waals surface area contributed by atoms with E-state index in [0.29, 0.717) is 5.75 Å². The van der Waals surface area contributed by atoms with Crippen molar-refractivity contribution in [3.63, 3.8) is 0 Å². The van der Waals surface area contributed by atoms with Crippen LogP contribution < -0.4 is 15.2 Å². The molecule has 0 amide bonds. The Morgan fingerprint density at radius 2 is 2.22 bits per heavy atom. The van der Waals surface area contributed by atoms with Gasteiger partial charge in [-0.25, -0.2) is 0 Å². The lowest BCUT2D eigenvalue weighted by molar-refractivity contribution is -0.386. The van der Waals surface area contributed by atoms with Crippen LogP contribution in [0, 0.1) is 10.1 Å². The van der Waals surface area contributed by atoms with E-state index in [0.717, 1.165) is 19.3 Å². The molecular formula is C12H16N2O4. The predicted molar refractivity (Wildman–Crippen MR) is 65.9 cm³/mol. The number of rotatable bonds is 4. The van der Waals surface area contributed by atoms with Gasteiger partial charge in [0.05, 0.1) is 12.0 Å². The van der Waals surface area contributed by atoms with E-state index in [1.165, 1.54) is 19.2 Å². The van der Waals surface area contributed by atoms with Crippen LogP contribution in [0.5, 0.6) is 11.5 Å². The van der Waals surface area contributed by atoms with Crippen molar-refractivity contribution >= 4 is 5.69 Å². The smallest absolute Gasteiger partial charge is 0.311 e. The van der Waals surface area contributed by atoms with Gasteiger partial charge in [0.15, 0.2) is 0 Å². The highest BCUT2D eigenvalue weighted by atomic mass is 16.6. The monoisotopic (exact) mass is 252 g/mol. The second-order valence-corrected chi connectivity index (χ2v) is 4.34. The van der Waals surface area contributed by atoms with E-state index in [4.69, 9.17) is 15.2 Å². The summed E-state index contributed by atoms with van der Waals surface area (Å²) in [6.07, 6.45) is 2.55. The number of methoxy groups -OCH3 is 1. The number of nitro groups is 1. The molecule has 2 rings (SSSR count). The number of nitrogens with two attached hydrogens (primary N) is 1. The second-order valence-electron chi connectivity index (χ2n) is 4.34. The standard InChI is InChI=1S/C12H16N2O4/c1-17-8-5-6-10(14(15)16)12(7-8)18-11-4-2-3-9(11)13/h5-7,9,11H,2-4,13H2,1H3. The van der Waals surface area contributed by atoms with Gasteiger partial charge in [-0.05, 0) is 25.3 Å². The fourth-order valence-corrected chi connectivity index (χ4v) is 2.13. The third-order valence-electron chi connectivity index (χ3n) is 3.15. The first-order valence-electron chi connectivity index (χ1n) is 5.86. The summed E-state index contributed by atoms with van der Waals surface area (Å²) in [5.74, 6) is 0.754. The minimum absolute atomic E-state index is 0.0594. The van der Waals surface area contributed by atoms with Crippen molar-refractivity contribution < 1.29 is 14.4 Å². The first kappa shape index (κ1) is 12.6. The largest absolute Gasteiger partial charge is 0.497 e. The number of nitrogens with zero attached hydrogens (tertiary/aromatic N) is 1. The van der Waals surface area contributed by atoms with E-state index in [2.05, 4.69) is 0 Å². The number of benzene rings is 1. The summed E-state index contributed by atoms with van der Waals surface area (Å²) < 4.78 is 10.7. The Balaban J connectivity index is 2.25. The maximum atomic E-state index is 10.9. The Bertz CT molecular complexity index is 450. The molecule has 1 aromatic rings. The molecule has 18 heavy (non-hydrogen) atoms. The highest BCUT2D eigenvalue weighted by Crippen LogP contribution is 2.34. The van der Waals surface area contributed by atoms with E-state index < -0.39 is 4.92 Å². The quantitative estimate of drug-likeness (QED) is 0.652. The lowest BCUT2D eigenvalue weighted by Gasteiger charge is -2.18. The van der Waals surface area contributed by atoms with Crippen LogP contribution in [-0.4, -0.2) is 24.2 Å². The minimum Gasteiger partial charge on any atom is -0.497 e. The van der Waals surface area contributed by atoms with Crippen LogP contribution in [-0.2, 0) is 0 Å². The lowest BCUT2D eigenvalue weighted by atomic mass is 10.2. The van der Waals surface area contributed by atoms with Gasteiger partial charge in [0.1, 0.15) is 11.9 Å². The molecule has 0 radical (unpaired) electrons. The molecule has 1 aliphatic carbocycles. The summed E-state index contributed by atoms with van der Waals surface area (Å²) >= 11 is 0. The maximum Gasteiger partial charge on any atom is 0.311 e. The Kier molecular flexibility index (Phi) is 3.66.